The average molecular weight is 330 g/mol. The zero-order chi connectivity index (χ0) is 17.5. The molecule has 0 bridgehead atoms. The third-order valence-electron chi connectivity index (χ3n) is 3.11. The highest BCUT2D eigenvalue weighted by Gasteiger charge is 2.09. The van der Waals surface area contributed by atoms with Gasteiger partial charge in [0.25, 0.3) is 5.91 Å². The van der Waals surface area contributed by atoms with E-state index in [1.165, 1.54) is 37.6 Å². The molecule has 0 spiro atoms. The Labute approximate surface area is 139 Å². The van der Waals surface area contributed by atoms with Gasteiger partial charge < -0.3 is 19.7 Å². The van der Waals surface area contributed by atoms with Gasteiger partial charge in [-0.05, 0) is 48.9 Å². The SMILES string of the molecule is CCOc1cc(/C=N/NC(=O)c2ccc(O)c(OC)c2)ccc1O. The Morgan fingerprint density at radius 1 is 1.17 bits per heavy atom. The van der Waals surface area contributed by atoms with E-state index < -0.39 is 5.91 Å². The van der Waals surface area contributed by atoms with Gasteiger partial charge in [0.2, 0.25) is 0 Å². The number of methoxy groups -OCH3 is 1. The summed E-state index contributed by atoms with van der Waals surface area (Å²) >= 11 is 0. The number of nitrogens with zero attached hydrogens (tertiary/aromatic N) is 1. The van der Waals surface area contributed by atoms with Crippen molar-refractivity contribution in [3.8, 4) is 23.0 Å². The summed E-state index contributed by atoms with van der Waals surface area (Å²) in [5, 5.41) is 23.0. The number of hydrogen-bond donors (Lipinski definition) is 3. The van der Waals surface area contributed by atoms with Gasteiger partial charge in [-0.15, -0.1) is 0 Å². The molecule has 0 unspecified atom stereocenters. The predicted octanol–water partition coefficient (Wildman–Crippen LogP) is 2.27. The number of aromatic hydroxyl groups is 2. The highest BCUT2D eigenvalue weighted by atomic mass is 16.5. The molecule has 2 rings (SSSR count). The van der Waals surface area contributed by atoms with Gasteiger partial charge in [0.15, 0.2) is 23.0 Å². The quantitative estimate of drug-likeness (QED) is 0.557. The van der Waals surface area contributed by atoms with Gasteiger partial charge in [-0.25, -0.2) is 5.43 Å². The minimum atomic E-state index is -0.451. The van der Waals surface area contributed by atoms with Gasteiger partial charge in [0.05, 0.1) is 19.9 Å². The van der Waals surface area contributed by atoms with Crippen LogP contribution < -0.4 is 14.9 Å². The van der Waals surface area contributed by atoms with Crippen molar-refractivity contribution in [1.82, 2.24) is 5.43 Å². The lowest BCUT2D eigenvalue weighted by Gasteiger charge is -2.06. The number of amides is 1. The first kappa shape index (κ1) is 17.1. The molecular formula is C17H18N2O5. The molecule has 0 fully saturated rings. The normalized spacial score (nSPS) is 10.6. The number of phenols is 2. The van der Waals surface area contributed by atoms with Crippen molar-refractivity contribution in [2.45, 2.75) is 6.92 Å². The van der Waals surface area contributed by atoms with Gasteiger partial charge in [0.1, 0.15) is 0 Å². The molecule has 0 aliphatic carbocycles. The fraction of sp³-hybridized carbons (Fsp3) is 0.176. The van der Waals surface area contributed by atoms with Crippen LogP contribution in [0.5, 0.6) is 23.0 Å². The first-order chi connectivity index (χ1) is 11.5. The molecule has 2 aromatic rings. The lowest BCUT2D eigenvalue weighted by molar-refractivity contribution is 0.0954. The number of carbonyl (C=O) groups excluding carboxylic acids is 1. The van der Waals surface area contributed by atoms with Gasteiger partial charge in [-0.3, -0.25) is 4.79 Å². The second-order valence-electron chi connectivity index (χ2n) is 4.75. The van der Waals surface area contributed by atoms with E-state index in [0.29, 0.717) is 23.5 Å². The standard InChI is InChI=1S/C17H18N2O5/c1-3-24-16-8-11(4-6-14(16)21)10-18-19-17(22)12-5-7-13(20)15(9-12)23-2/h4-10,20-21H,3H2,1-2H3,(H,19,22)/b18-10+. The number of nitrogens with one attached hydrogen (secondary N) is 1. The maximum absolute atomic E-state index is 12.0. The number of benzene rings is 2. The van der Waals surface area contributed by atoms with Crippen LogP contribution in [0.1, 0.15) is 22.8 Å². The summed E-state index contributed by atoms with van der Waals surface area (Å²) in [6, 6.07) is 8.96. The van der Waals surface area contributed by atoms with Gasteiger partial charge in [-0.2, -0.15) is 5.10 Å². The highest BCUT2D eigenvalue weighted by molar-refractivity contribution is 5.95. The second kappa shape index (κ2) is 7.87. The maximum Gasteiger partial charge on any atom is 0.271 e. The van der Waals surface area contributed by atoms with Crippen LogP contribution in [0.15, 0.2) is 41.5 Å². The van der Waals surface area contributed by atoms with Crippen LogP contribution >= 0.6 is 0 Å². The molecule has 0 atom stereocenters. The Kier molecular flexibility index (Phi) is 5.62. The number of rotatable bonds is 6. The van der Waals surface area contributed by atoms with Gasteiger partial charge in [-0.1, -0.05) is 0 Å². The predicted molar refractivity (Wildman–Crippen MR) is 89.0 cm³/mol. The lowest BCUT2D eigenvalue weighted by Crippen LogP contribution is -2.17. The number of ether oxygens (including phenoxy) is 2. The summed E-state index contributed by atoms with van der Waals surface area (Å²) in [5.41, 5.74) is 3.32. The van der Waals surface area contributed by atoms with E-state index in [0.717, 1.165) is 0 Å². The topological polar surface area (TPSA) is 100 Å². The molecule has 3 N–H and O–H groups in total. The van der Waals surface area contributed by atoms with Crippen LogP contribution in [0, 0.1) is 0 Å². The number of hydrazone groups is 1. The Hall–Kier alpha value is -3.22. The summed E-state index contributed by atoms with van der Waals surface area (Å²) in [4.78, 5) is 12.0. The molecule has 126 valence electrons. The van der Waals surface area contributed by atoms with Crippen LogP contribution in [0.3, 0.4) is 0 Å². The fourth-order valence-corrected chi connectivity index (χ4v) is 1.93. The Balaban J connectivity index is 2.06. The number of carbonyl (C=O) groups is 1. The van der Waals surface area contributed by atoms with Gasteiger partial charge >= 0.3 is 0 Å². The molecule has 7 nitrogen and oxygen atoms in total. The van der Waals surface area contributed by atoms with E-state index in [-0.39, 0.29) is 17.2 Å². The molecule has 7 heteroatoms. The van der Waals surface area contributed by atoms with Crippen molar-refractivity contribution in [2.75, 3.05) is 13.7 Å². The second-order valence-corrected chi connectivity index (χ2v) is 4.75. The molecule has 1 amide bonds. The van der Waals surface area contributed by atoms with Crippen LogP contribution in [0.25, 0.3) is 0 Å². The van der Waals surface area contributed by atoms with E-state index >= 15 is 0 Å². The molecule has 0 aliphatic heterocycles. The first-order valence-electron chi connectivity index (χ1n) is 7.21. The third kappa shape index (κ3) is 4.16. The van der Waals surface area contributed by atoms with Crippen LogP contribution in [-0.2, 0) is 0 Å². The van der Waals surface area contributed by atoms with Crippen molar-refractivity contribution >= 4 is 12.1 Å². The van der Waals surface area contributed by atoms with Crippen LogP contribution in [-0.4, -0.2) is 36.1 Å². The van der Waals surface area contributed by atoms with Crippen molar-refractivity contribution in [2.24, 2.45) is 5.10 Å². The maximum atomic E-state index is 12.0. The van der Waals surface area contributed by atoms with Crippen molar-refractivity contribution in [3.63, 3.8) is 0 Å². The van der Waals surface area contributed by atoms with Crippen molar-refractivity contribution in [1.29, 1.82) is 0 Å². The molecule has 0 aliphatic rings. The largest absolute Gasteiger partial charge is 0.504 e. The minimum absolute atomic E-state index is 0.0363. The molecular weight excluding hydrogens is 312 g/mol. The highest BCUT2D eigenvalue weighted by Crippen LogP contribution is 2.27. The van der Waals surface area contributed by atoms with E-state index in [9.17, 15) is 15.0 Å². The Bertz CT molecular complexity index is 759. The monoisotopic (exact) mass is 330 g/mol. The smallest absolute Gasteiger partial charge is 0.271 e. The van der Waals surface area contributed by atoms with E-state index in [1.54, 1.807) is 12.1 Å². The Morgan fingerprint density at radius 2 is 1.88 bits per heavy atom. The zero-order valence-electron chi connectivity index (χ0n) is 13.3. The molecule has 2 aromatic carbocycles. The minimum Gasteiger partial charge on any atom is -0.504 e. The molecule has 0 radical (unpaired) electrons. The summed E-state index contributed by atoms with van der Waals surface area (Å²) in [5.74, 6) is 0.0789. The third-order valence-corrected chi connectivity index (χ3v) is 3.11. The molecule has 0 heterocycles. The lowest BCUT2D eigenvalue weighted by atomic mass is 10.2. The van der Waals surface area contributed by atoms with Crippen molar-refractivity contribution in [3.05, 3.63) is 47.5 Å². The first-order valence-corrected chi connectivity index (χ1v) is 7.21. The number of phenolic OH excluding ortho intramolecular Hbond substituents is 2. The van der Waals surface area contributed by atoms with Crippen LogP contribution in [0.4, 0.5) is 0 Å². The summed E-state index contributed by atoms with van der Waals surface area (Å²) in [7, 11) is 1.40. The zero-order valence-corrected chi connectivity index (χ0v) is 13.3. The molecule has 0 saturated carbocycles. The molecule has 0 aromatic heterocycles. The summed E-state index contributed by atoms with van der Waals surface area (Å²) in [6.45, 7) is 2.24. The average Bonchev–Trinajstić information content (AvgIpc) is 2.58. The molecule has 24 heavy (non-hydrogen) atoms. The fourth-order valence-electron chi connectivity index (χ4n) is 1.93. The van der Waals surface area contributed by atoms with Crippen molar-refractivity contribution < 1.29 is 24.5 Å². The van der Waals surface area contributed by atoms with E-state index in [2.05, 4.69) is 10.5 Å². The summed E-state index contributed by atoms with van der Waals surface area (Å²) < 4.78 is 10.2. The Morgan fingerprint density at radius 3 is 2.58 bits per heavy atom. The van der Waals surface area contributed by atoms with E-state index in [1.807, 2.05) is 6.92 Å². The van der Waals surface area contributed by atoms with Crippen LogP contribution in [0.2, 0.25) is 0 Å². The van der Waals surface area contributed by atoms with E-state index in [4.69, 9.17) is 9.47 Å². The number of hydrogen-bond acceptors (Lipinski definition) is 6. The summed E-state index contributed by atoms with van der Waals surface area (Å²) in [6.07, 6.45) is 1.43. The van der Waals surface area contributed by atoms with Gasteiger partial charge in [0, 0.05) is 5.56 Å². The molecule has 0 saturated heterocycles.